The number of allylic oxidation sites excluding steroid dienone is 2. The van der Waals surface area contributed by atoms with Crippen LogP contribution in [0.3, 0.4) is 0 Å². The Balaban J connectivity index is 0.00000420. The molecule has 0 bridgehead atoms. The fraction of sp³-hybridized carbons (Fsp3) is 0.750. The van der Waals surface area contributed by atoms with Crippen molar-refractivity contribution in [2.45, 2.75) is 82.3 Å². The molecule has 0 aromatic rings. The van der Waals surface area contributed by atoms with Crippen molar-refractivity contribution in [2.75, 3.05) is 0 Å². The van der Waals surface area contributed by atoms with E-state index in [1.165, 1.54) is 12.2 Å². The van der Waals surface area contributed by atoms with E-state index < -0.39 is 54.6 Å². The normalized spacial score (nSPS) is 31.5. The van der Waals surface area contributed by atoms with Crippen LogP contribution in [0, 0.1) is 11.8 Å². The first-order chi connectivity index (χ1) is 13.2. The Hall–Kier alpha value is -0.540. The molecule has 29 heavy (non-hydrogen) atoms. The van der Waals surface area contributed by atoms with E-state index in [9.17, 15) is 28.2 Å². The van der Waals surface area contributed by atoms with Crippen LogP contribution in [-0.4, -0.2) is 81.3 Å². The predicted molar refractivity (Wildman–Crippen MR) is 104 cm³/mol. The molecule has 0 radical (unpaired) electrons. The van der Waals surface area contributed by atoms with Gasteiger partial charge in [-0.2, -0.15) is 0 Å². The van der Waals surface area contributed by atoms with Gasteiger partial charge in [-0.1, -0.05) is 25.5 Å². The fourth-order valence-corrected chi connectivity index (χ4v) is 3.85. The molecule has 1 aliphatic heterocycles. The third-order valence-electron chi connectivity index (χ3n) is 5.44. The van der Waals surface area contributed by atoms with Crippen molar-refractivity contribution < 1.29 is 38.0 Å². The zero-order valence-electron chi connectivity index (χ0n) is 15.9. The van der Waals surface area contributed by atoms with Gasteiger partial charge in [0.25, 0.3) is 5.92 Å². The molecule has 2 aliphatic rings. The van der Waals surface area contributed by atoms with Gasteiger partial charge in [-0.15, -0.1) is 0 Å². The van der Waals surface area contributed by atoms with Crippen molar-refractivity contribution in [3.63, 3.8) is 0 Å². The van der Waals surface area contributed by atoms with E-state index in [4.69, 9.17) is 9.84 Å². The number of alkyl halides is 3. The molecule has 6 atom stereocenters. The number of fused-ring (bicyclic) bond motifs is 1. The molecule has 5 nitrogen and oxygen atoms in total. The van der Waals surface area contributed by atoms with Crippen LogP contribution < -0.4 is 0 Å². The molecular formula is C20H30F3NaO5. The van der Waals surface area contributed by atoms with Crippen LogP contribution in [0.5, 0.6) is 0 Å². The minimum atomic E-state index is -3.27. The summed E-state index contributed by atoms with van der Waals surface area (Å²) in [5.74, 6) is -5.54. The molecule has 0 aromatic carbocycles. The van der Waals surface area contributed by atoms with E-state index in [0.29, 0.717) is 19.3 Å². The number of carbonyl (C=O) groups is 1. The Morgan fingerprint density at radius 1 is 1.38 bits per heavy atom. The summed E-state index contributed by atoms with van der Waals surface area (Å²) in [4.78, 5) is 10.5. The number of hydrogen-bond acceptors (Lipinski definition) is 4. The standard InChI is InChI=1S/C20H29F3O5.Na.H/c1-2-3-10-20(22,23)16(25)9-8-12-13(24)11-15-18(12)19(21)14(28-15)6-4-5-7-17(26)27;;/h6,8-9,12-13,15-16,18-19,24-25H,2-5,7,10-11H2,1H3,(H,26,27);;/b9-8+,14-6-;;/t12-,13+,15-,16+,18+,19?;;/m0../s1. The SMILES string of the molecule is CCCCC(F)(F)[C@H](O)/C=C/[C@@H]1[C@H]2C(F)/C(=C/CCCC(=O)O)O[C@H]2C[C@H]1O.[NaH]. The second-order valence-electron chi connectivity index (χ2n) is 7.60. The number of rotatable bonds is 10. The van der Waals surface area contributed by atoms with Crippen molar-refractivity contribution in [2.24, 2.45) is 11.8 Å². The zero-order chi connectivity index (χ0) is 20.9. The van der Waals surface area contributed by atoms with Crippen LogP contribution >= 0.6 is 0 Å². The van der Waals surface area contributed by atoms with E-state index >= 15 is 0 Å². The summed E-state index contributed by atoms with van der Waals surface area (Å²) >= 11 is 0. The number of aliphatic carboxylic acids is 1. The van der Waals surface area contributed by atoms with E-state index in [1.807, 2.05) is 0 Å². The molecule has 2 fully saturated rings. The van der Waals surface area contributed by atoms with Crippen LogP contribution in [0.25, 0.3) is 0 Å². The maximum absolute atomic E-state index is 14.8. The number of aliphatic hydroxyl groups excluding tert-OH is 2. The van der Waals surface area contributed by atoms with Gasteiger partial charge in [0.1, 0.15) is 18.0 Å². The summed E-state index contributed by atoms with van der Waals surface area (Å²) in [5.41, 5.74) is 0. The molecule has 162 valence electrons. The Morgan fingerprint density at radius 3 is 2.69 bits per heavy atom. The maximum atomic E-state index is 14.8. The number of ether oxygens (including phenoxy) is 1. The molecule has 0 spiro atoms. The van der Waals surface area contributed by atoms with E-state index in [0.717, 1.165) is 6.08 Å². The first-order valence-corrected chi connectivity index (χ1v) is 9.82. The minimum absolute atomic E-state index is 0. The second kappa shape index (κ2) is 11.7. The average molecular weight is 430 g/mol. The van der Waals surface area contributed by atoms with Crippen LogP contribution in [0.1, 0.15) is 51.9 Å². The van der Waals surface area contributed by atoms with Crippen LogP contribution in [0.2, 0.25) is 0 Å². The number of carboxylic acid groups (broad SMARTS) is 1. The first-order valence-electron chi connectivity index (χ1n) is 9.82. The Bertz CT molecular complexity index is 599. The molecule has 3 N–H and O–H groups in total. The second-order valence-corrected chi connectivity index (χ2v) is 7.60. The summed E-state index contributed by atoms with van der Waals surface area (Å²) in [5, 5.41) is 28.6. The molecule has 1 aliphatic carbocycles. The van der Waals surface area contributed by atoms with Crippen LogP contribution in [-0.2, 0) is 9.53 Å². The quantitative estimate of drug-likeness (QED) is 0.282. The molecule has 0 aromatic heterocycles. The third kappa shape index (κ3) is 6.99. The van der Waals surface area contributed by atoms with Crippen molar-refractivity contribution in [3.05, 3.63) is 24.0 Å². The van der Waals surface area contributed by atoms with Gasteiger partial charge in [0, 0.05) is 31.1 Å². The molecule has 1 saturated heterocycles. The van der Waals surface area contributed by atoms with E-state index in [-0.39, 0.29) is 54.6 Å². The molecule has 0 amide bonds. The van der Waals surface area contributed by atoms with Gasteiger partial charge in [0.2, 0.25) is 0 Å². The number of aliphatic hydroxyl groups is 2. The molecule has 2 rings (SSSR count). The van der Waals surface area contributed by atoms with Crippen LogP contribution in [0.15, 0.2) is 24.0 Å². The molecule has 1 unspecified atom stereocenters. The average Bonchev–Trinajstić information content (AvgIpc) is 3.09. The van der Waals surface area contributed by atoms with E-state index in [1.54, 1.807) is 6.92 Å². The molecule has 9 heteroatoms. The van der Waals surface area contributed by atoms with Gasteiger partial charge in [-0.05, 0) is 25.3 Å². The van der Waals surface area contributed by atoms with Gasteiger partial charge in [0.15, 0.2) is 6.17 Å². The van der Waals surface area contributed by atoms with Gasteiger partial charge in [-0.25, -0.2) is 13.2 Å². The van der Waals surface area contributed by atoms with Gasteiger partial charge < -0.3 is 20.1 Å². The topological polar surface area (TPSA) is 87.0 Å². The van der Waals surface area contributed by atoms with Crippen molar-refractivity contribution >= 4 is 35.5 Å². The monoisotopic (exact) mass is 430 g/mol. The fourth-order valence-electron chi connectivity index (χ4n) is 3.85. The molecule has 1 saturated carbocycles. The third-order valence-corrected chi connectivity index (χ3v) is 5.44. The van der Waals surface area contributed by atoms with Gasteiger partial charge in [-0.3, -0.25) is 4.79 Å². The van der Waals surface area contributed by atoms with E-state index in [2.05, 4.69) is 0 Å². The summed E-state index contributed by atoms with van der Waals surface area (Å²) in [7, 11) is 0. The number of hydrogen-bond donors (Lipinski definition) is 3. The van der Waals surface area contributed by atoms with Crippen LogP contribution in [0.4, 0.5) is 13.2 Å². The van der Waals surface area contributed by atoms with Crippen molar-refractivity contribution in [1.29, 1.82) is 0 Å². The molecular weight excluding hydrogens is 400 g/mol. The van der Waals surface area contributed by atoms with Gasteiger partial charge >= 0.3 is 35.5 Å². The Labute approximate surface area is 191 Å². The first kappa shape index (κ1) is 26.5. The summed E-state index contributed by atoms with van der Waals surface area (Å²) < 4.78 is 48.2. The number of carboxylic acids is 1. The summed E-state index contributed by atoms with van der Waals surface area (Å²) in [6.07, 6.45) is 0.0488. The predicted octanol–water partition coefficient (Wildman–Crippen LogP) is 2.95. The Kier molecular flexibility index (Phi) is 10.7. The number of halogens is 3. The van der Waals surface area contributed by atoms with Gasteiger partial charge in [0.05, 0.1) is 6.10 Å². The zero-order valence-corrected chi connectivity index (χ0v) is 15.9. The van der Waals surface area contributed by atoms with Crippen molar-refractivity contribution in [3.8, 4) is 0 Å². The number of unbranched alkanes of at least 4 members (excludes halogenated alkanes) is 2. The van der Waals surface area contributed by atoms with Crippen molar-refractivity contribution in [1.82, 2.24) is 0 Å². The molecule has 1 heterocycles. The summed E-state index contributed by atoms with van der Waals surface area (Å²) in [6, 6.07) is 0. The summed E-state index contributed by atoms with van der Waals surface area (Å²) in [6.45, 7) is 1.78. The Morgan fingerprint density at radius 2 is 2.07 bits per heavy atom.